The van der Waals surface area contributed by atoms with Crippen molar-refractivity contribution in [2.45, 2.75) is 45.2 Å². The van der Waals surface area contributed by atoms with Gasteiger partial charge in [-0.3, -0.25) is 0 Å². The molecule has 124 valence electrons. The highest BCUT2D eigenvalue weighted by atomic mass is 127. The summed E-state index contributed by atoms with van der Waals surface area (Å²) in [5.41, 5.74) is 6.90. The van der Waals surface area contributed by atoms with E-state index in [0.29, 0.717) is 12.1 Å². The van der Waals surface area contributed by atoms with E-state index in [1.807, 2.05) is 0 Å². The summed E-state index contributed by atoms with van der Waals surface area (Å²) in [4.78, 5) is 3.70. The van der Waals surface area contributed by atoms with Crippen LogP contribution in [0.15, 0.2) is 42.5 Å². The fourth-order valence-corrected chi connectivity index (χ4v) is 4.48. The van der Waals surface area contributed by atoms with Crippen molar-refractivity contribution in [2.24, 2.45) is 0 Å². The third kappa shape index (κ3) is 3.00. The molecule has 0 spiro atoms. The van der Waals surface area contributed by atoms with Gasteiger partial charge in [-0.2, -0.15) is 0 Å². The highest BCUT2D eigenvalue weighted by Gasteiger charge is 2.25. The smallest absolute Gasteiger partial charge is 0.0480 e. The van der Waals surface area contributed by atoms with Crippen molar-refractivity contribution >= 4 is 33.5 Å². The maximum atomic E-state index is 3.86. The number of aromatic nitrogens is 1. The zero-order chi connectivity index (χ0) is 16.7. The molecule has 4 rings (SSSR count). The lowest BCUT2D eigenvalue weighted by Crippen LogP contribution is -2.27. The lowest BCUT2D eigenvalue weighted by Gasteiger charge is -2.27. The first kappa shape index (κ1) is 16.2. The van der Waals surface area contributed by atoms with Gasteiger partial charge in [0.2, 0.25) is 0 Å². The summed E-state index contributed by atoms with van der Waals surface area (Å²) in [6.07, 6.45) is 3.65. The standard InChI is InChI=1S/C21H23IN2/c1-13-9-10-19-18(11-13)17-7-4-8-20(21(17)24-19)23-14(2)15-5-3-6-16(22)12-15/h3,5-6,9-12,14,20,23-24H,4,7-8H2,1-2H3/t14-,20-/m0/s1. The molecule has 0 unspecified atom stereocenters. The minimum Gasteiger partial charge on any atom is -0.357 e. The van der Waals surface area contributed by atoms with Crippen LogP contribution in [0.5, 0.6) is 0 Å². The van der Waals surface area contributed by atoms with Gasteiger partial charge < -0.3 is 10.3 Å². The van der Waals surface area contributed by atoms with Crippen LogP contribution < -0.4 is 5.32 Å². The Morgan fingerprint density at radius 1 is 1.21 bits per heavy atom. The van der Waals surface area contributed by atoms with Crippen molar-refractivity contribution < 1.29 is 0 Å². The number of benzene rings is 2. The topological polar surface area (TPSA) is 27.8 Å². The number of hydrogen-bond acceptors (Lipinski definition) is 1. The second-order valence-corrected chi connectivity index (χ2v) is 8.20. The number of aryl methyl sites for hydroxylation is 2. The van der Waals surface area contributed by atoms with Crippen LogP contribution in [0.4, 0.5) is 0 Å². The second-order valence-electron chi connectivity index (χ2n) is 6.95. The Bertz CT molecular complexity index is 881. The highest BCUT2D eigenvalue weighted by Crippen LogP contribution is 2.36. The molecule has 2 nitrogen and oxygen atoms in total. The Morgan fingerprint density at radius 2 is 2.08 bits per heavy atom. The van der Waals surface area contributed by atoms with Gasteiger partial charge >= 0.3 is 0 Å². The predicted molar refractivity (Wildman–Crippen MR) is 109 cm³/mol. The first-order valence-corrected chi connectivity index (χ1v) is 9.82. The molecule has 0 amide bonds. The summed E-state index contributed by atoms with van der Waals surface area (Å²) < 4.78 is 1.30. The van der Waals surface area contributed by atoms with Gasteiger partial charge in [0.1, 0.15) is 0 Å². The van der Waals surface area contributed by atoms with E-state index in [0.717, 1.165) is 0 Å². The molecule has 0 saturated carbocycles. The number of H-pyrrole nitrogens is 1. The van der Waals surface area contributed by atoms with Gasteiger partial charge in [0, 0.05) is 32.3 Å². The van der Waals surface area contributed by atoms with Crippen LogP contribution >= 0.6 is 22.6 Å². The summed E-state index contributed by atoms with van der Waals surface area (Å²) in [5, 5.41) is 5.27. The summed E-state index contributed by atoms with van der Waals surface area (Å²) in [5.74, 6) is 0. The molecule has 0 aliphatic heterocycles. The van der Waals surface area contributed by atoms with Crippen molar-refractivity contribution in [1.29, 1.82) is 0 Å². The summed E-state index contributed by atoms with van der Waals surface area (Å²) in [6, 6.07) is 16.3. The largest absolute Gasteiger partial charge is 0.357 e. The number of hydrogen-bond donors (Lipinski definition) is 2. The molecule has 0 fully saturated rings. The Balaban J connectivity index is 1.65. The minimum atomic E-state index is 0.351. The Hall–Kier alpha value is -1.33. The fourth-order valence-electron chi connectivity index (χ4n) is 3.92. The first-order valence-electron chi connectivity index (χ1n) is 8.74. The normalized spacial score (nSPS) is 18.5. The lowest BCUT2D eigenvalue weighted by molar-refractivity contribution is 0.410. The van der Waals surface area contributed by atoms with Gasteiger partial charge in [0.15, 0.2) is 0 Å². The van der Waals surface area contributed by atoms with Crippen LogP contribution in [0.1, 0.15) is 54.2 Å². The van der Waals surface area contributed by atoms with Crippen LogP contribution in [-0.2, 0) is 6.42 Å². The number of fused-ring (bicyclic) bond motifs is 3. The zero-order valence-corrected chi connectivity index (χ0v) is 16.4. The van der Waals surface area contributed by atoms with Gasteiger partial charge in [-0.15, -0.1) is 0 Å². The molecule has 3 heteroatoms. The molecular formula is C21H23IN2. The number of halogens is 1. The fraction of sp³-hybridized carbons (Fsp3) is 0.333. The van der Waals surface area contributed by atoms with E-state index in [1.54, 1.807) is 0 Å². The molecule has 24 heavy (non-hydrogen) atoms. The van der Waals surface area contributed by atoms with E-state index >= 15 is 0 Å². The quantitative estimate of drug-likeness (QED) is 0.505. The molecule has 1 heterocycles. The van der Waals surface area contributed by atoms with Gasteiger partial charge in [-0.1, -0.05) is 23.8 Å². The second kappa shape index (κ2) is 6.52. The van der Waals surface area contributed by atoms with Crippen LogP contribution in [-0.4, -0.2) is 4.98 Å². The monoisotopic (exact) mass is 430 g/mol. The summed E-state index contributed by atoms with van der Waals surface area (Å²) in [6.45, 7) is 4.45. The number of nitrogens with one attached hydrogen (secondary N) is 2. The van der Waals surface area contributed by atoms with Crippen molar-refractivity contribution in [2.75, 3.05) is 0 Å². The van der Waals surface area contributed by atoms with Crippen LogP contribution in [0.2, 0.25) is 0 Å². The van der Waals surface area contributed by atoms with Crippen LogP contribution in [0.25, 0.3) is 10.9 Å². The highest BCUT2D eigenvalue weighted by molar-refractivity contribution is 14.1. The molecule has 1 aliphatic rings. The maximum absolute atomic E-state index is 3.86. The minimum absolute atomic E-state index is 0.351. The van der Waals surface area contributed by atoms with Crippen molar-refractivity contribution in [3.05, 3.63) is 68.4 Å². The molecule has 2 aromatic carbocycles. The third-order valence-corrected chi connectivity index (χ3v) is 5.83. The van der Waals surface area contributed by atoms with E-state index in [9.17, 15) is 0 Å². The first-order chi connectivity index (χ1) is 11.6. The van der Waals surface area contributed by atoms with Crippen molar-refractivity contribution in [3.8, 4) is 0 Å². The van der Waals surface area contributed by atoms with Crippen molar-refractivity contribution in [3.63, 3.8) is 0 Å². The van der Waals surface area contributed by atoms with E-state index in [1.165, 1.54) is 56.1 Å². The average molecular weight is 430 g/mol. The molecule has 0 saturated heterocycles. The molecular weight excluding hydrogens is 407 g/mol. The number of rotatable bonds is 3. The van der Waals surface area contributed by atoms with E-state index in [-0.39, 0.29) is 0 Å². The maximum Gasteiger partial charge on any atom is 0.0480 e. The van der Waals surface area contributed by atoms with Gasteiger partial charge in [0.25, 0.3) is 0 Å². The molecule has 2 N–H and O–H groups in total. The molecule has 0 bridgehead atoms. The number of aromatic amines is 1. The molecule has 1 aliphatic carbocycles. The Kier molecular flexibility index (Phi) is 4.39. The molecule has 3 aromatic rings. The van der Waals surface area contributed by atoms with Gasteiger partial charge in [-0.05, 0) is 91.1 Å². The zero-order valence-electron chi connectivity index (χ0n) is 14.2. The predicted octanol–water partition coefficient (Wildman–Crippen LogP) is 5.81. The summed E-state index contributed by atoms with van der Waals surface area (Å²) >= 11 is 2.39. The Morgan fingerprint density at radius 3 is 2.92 bits per heavy atom. The average Bonchev–Trinajstić information content (AvgIpc) is 2.94. The molecule has 1 aromatic heterocycles. The molecule has 0 radical (unpaired) electrons. The van der Waals surface area contributed by atoms with E-state index in [4.69, 9.17) is 0 Å². The summed E-state index contributed by atoms with van der Waals surface area (Å²) in [7, 11) is 0. The third-order valence-electron chi connectivity index (χ3n) is 5.16. The molecule has 2 atom stereocenters. The van der Waals surface area contributed by atoms with E-state index in [2.05, 4.69) is 89.2 Å². The van der Waals surface area contributed by atoms with Gasteiger partial charge in [-0.25, -0.2) is 0 Å². The van der Waals surface area contributed by atoms with Crippen LogP contribution in [0.3, 0.4) is 0 Å². The lowest BCUT2D eigenvalue weighted by atomic mass is 9.90. The van der Waals surface area contributed by atoms with Gasteiger partial charge in [0.05, 0.1) is 0 Å². The SMILES string of the molecule is Cc1ccc2[nH]c3c(c2c1)CCC[C@@H]3N[C@@H](C)c1cccc(I)c1. The van der Waals surface area contributed by atoms with Crippen LogP contribution in [0, 0.1) is 10.5 Å². The van der Waals surface area contributed by atoms with E-state index < -0.39 is 0 Å². The Labute approximate surface area is 157 Å². The van der Waals surface area contributed by atoms with Crippen molar-refractivity contribution in [1.82, 2.24) is 10.3 Å².